The van der Waals surface area contributed by atoms with E-state index in [2.05, 4.69) is 15.9 Å². The minimum Gasteiger partial charge on any atom is -0.495 e. The van der Waals surface area contributed by atoms with Gasteiger partial charge in [-0.05, 0) is 34.1 Å². The zero-order valence-electron chi connectivity index (χ0n) is 10.3. The van der Waals surface area contributed by atoms with Crippen molar-refractivity contribution in [1.29, 1.82) is 0 Å². The number of ether oxygens (including phenoxy) is 1. The van der Waals surface area contributed by atoms with Crippen LogP contribution in [-0.2, 0) is 0 Å². The summed E-state index contributed by atoms with van der Waals surface area (Å²) in [5.74, 6) is -0.175. The summed E-state index contributed by atoms with van der Waals surface area (Å²) in [6.07, 6.45) is -1.15. The summed E-state index contributed by atoms with van der Waals surface area (Å²) < 4.78 is 19.3. The molecule has 1 N–H and O–H groups in total. The largest absolute Gasteiger partial charge is 0.495 e. The number of halogens is 4. The highest BCUT2D eigenvalue weighted by Gasteiger charge is 2.22. The van der Waals surface area contributed by atoms with E-state index in [0.29, 0.717) is 20.8 Å². The van der Waals surface area contributed by atoms with Gasteiger partial charge in [0.05, 0.1) is 16.6 Å². The van der Waals surface area contributed by atoms with Gasteiger partial charge in [0.1, 0.15) is 17.7 Å². The van der Waals surface area contributed by atoms with E-state index < -0.39 is 11.9 Å². The van der Waals surface area contributed by atoms with E-state index in [0.717, 1.165) is 0 Å². The first-order valence-corrected chi connectivity index (χ1v) is 7.15. The molecule has 0 saturated carbocycles. The summed E-state index contributed by atoms with van der Waals surface area (Å²) in [6.45, 7) is 0. The number of aliphatic hydroxyl groups is 1. The van der Waals surface area contributed by atoms with Gasteiger partial charge in [-0.1, -0.05) is 35.3 Å². The molecule has 0 spiro atoms. The van der Waals surface area contributed by atoms with Crippen LogP contribution in [0.25, 0.3) is 0 Å². The molecule has 2 nitrogen and oxygen atoms in total. The quantitative estimate of drug-likeness (QED) is 0.814. The third kappa shape index (κ3) is 2.93. The van der Waals surface area contributed by atoms with Gasteiger partial charge in [0.15, 0.2) is 0 Å². The van der Waals surface area contributed by atoms with Crippen LogP contribution in [0.5, 0.6) is 5.75 Å². The zero-order chi connectivity index (χ0) is 14.9. The third-order valence-electron chi connectivity index (χ3n) is 2.81. The van der Waals surface area contributed by atoms with E-state index in [1.807, 2.05) is 0 Å². The second-order valence-corrected chi connectivity index (χ2v) is 5.72. The first-order valence-electron chi connectivity index (χ1n) is 5.60. The van der Waals surface area contributed by atoms with Crippen molar-refractivity contribution in [2.45, 2.75) is 6.10 Å². The van der Waals surface area contributed by atoms with Crippen LogP contribution in [0.4, 0.5) is 4.39 Å². The highest BCUT2D eigenvalue weighted by molar-refractivity contribution is 9.10. The maximum atomic E-state index is 13.5. The molecule has 2 aromatic carbocycles. The van der Waals surface area contributed by atoms with Crippen molar-refractivity contribution in [3.8, 4) is 5.75 Å². The van der Waals surface area contributed by atoms with Crippen LogP contribution in [0.2, 0.25) is 10.0 Å². The molecule has 1 atom stereocenters. The van der Waals surface area contributed by atoms with Crippen LogP contribution in [0.15, 0.2) is 34.8 Å². The van der Waals surface area contributed by atoms with Gasteiger partial charge in [-0.2, -0.15) is 0 Å². The highest BCUT2D eigenvalue weighted by atomic mass is 79.9. The van der Waals surface area contributed by atoms with Gasteiger partial charge >= 0.3 is 0 Å². The Morgan fingerprint density at radius 2 is 1.95 bits per heavy atom. The van der Waals surface area contributed by atoms with Crippen LogP contribution >= 0.6 is 39.1 Å². The van der Waals surface area contributed by atoms with Gasteiger partial charge in [-0.25, -0.2) is 4.39 Å². The van der Waals surface area contributed by atoms with Crippen LogP contribution in [0.3, 0.4) is 0 Å². The van der Waals surface area contributed by atoms with Crippen molar-refractivity contribution < 1.29 is 14.2 Å². The molecule has 1 unspecified atom stereocenters. The fourth-order valence-corrected chi connectivity index (χ4v) is 3.12. The van der Waals surface area contributed by atoms with E-state index >= 15 is 0 Å². The summed E-state index contributed by atoms with van der Waals surface area (Å²) in [6, 6.07) is 7.45. The van der Waals surface area contributed by atoms with E-state index in [4.69, 9.17) is 27.9 Å². The van der Waals surface area contributed by atoms with Crippen molar-refractivity contribution in [2.24, 2.45) is 0 Å². The lowest BCUT2D eigenvalue weighted by atomic mass is 10.0. The monoisotopic (exact) mass is 378 g/mol. The maximum Gasteiger partial charge on any atom is 0.142 e. The topological polar surface area (TPSA) is 29.5 Å². The minimum atomic E-state index is -1.15. The average molecular weight is 380 g/mol. The molecule has 6 heteroatoms. The number of aliphatic hydroxyl groups excluding tert-OH is 1. The van der Waals surface area contributed by atoms with Crippen molar-refractivity contribution >= 4 is 39.1 Å². The lowest BCUT2D eigenvalue weighted by Gasteiger charge is -2.18. The SMILES string of the molecule is COc1c(Br)cc(Cl)cc1C(O)c1cccc(F)c1Cl. The first kappa shape index (κ1) is 15.6. The van der Waals surface area contributed by atoms with Gasteiger partial charge < -0.3 is 9.84 Å². The zero-order valence-corrected chi connectivity index (χ0v) is 13.4. The van der Waals surface area contributed by atoms with Crippen molar-refractivity contribution in [2.75, 3.05) is 7.11 Å². The Labute approximate surface area is 134 Å². The van der Waals surface area contributed by atoms with Gasteiger partial charge in [0.25, 0.3) is 0 Å². The number of rotatable bonds is 3. The van der Waals surface area contributed by atoms with E-state index in [1.165, 1.54) is 19.2 Å². The Hall–Kier alpha value is -0.810. The van der Waals surface area contributed by atoms with Crippen molar-refractivity contribution in [3.63, 3.8) is 0 Å². The molecule has 106 valence electrons. The number of hydrogen-bond acceptors (Lipinski definition) is 2. The second-order valence-electron chi connectivity index (χ2n) is 4.06. The Kier molecular flexibility index (Phi) is 4.91. The summed E-state index contributed by atoms with van der Waals surface area (Å²) in [4.78, 5) is 0. The Morgan fingerprint density at radius 1 is 1.25 bits per heavy atom. The normalized spacial score (nSPS) is 12.3. The van der Waals surface area contributed by atoms with Crippen molar-refractivity contribution in [3.05, 3.63) is 61.8 Å². The van der Waals surface area contributed by atoms with Gasteiger partial charge in [0, 0.05) is 16.1 Å². The number of methoxy groups -OCH3 is 1. The lowest BCUT2D eigenvalue weighted by molar-refractivity contribution is 0.214. The summed E-state index contributed by atoms with van der Waals surface area (Å²) >= 11 is 15.2. The fourth-order valence-electron chi connectivity index (χ4n) is 1.90. The molecular weight excluding hydrogens is 370 g/mol. The molecule has 0 aliphatic heterocycles. The molecular formula is C14H10BrCl2FO2. The van der Waals surface area contributed by atoms with Crippen LogP contribution < -0.4 is 4.74 Å². The summed E-state index contributed by atoms with van der Waals surface area (Å²) in [5.41, 5.74) is 0.651. The summed E-state index contributed by atoms with van der Waals surface area (Å²) in [7, 11) is 1.47. The predicted molar refractivity (Wildman–Crippen MR) is 81.2 cm³/mol. The minimum absolute atomic E-state index is 0.127. The maximum absolute atomic E-state index is 13.5. The van der Waals surface area contributed by atoms with Gasteiger partial charge in [-0.3, -0.25) is 0 Å². The van der Waals surface area contributed by atoms with E-state index in [1.54, 1.807) is 18.2 Å². The Bertz CT molecular complexity index is 649. The Morgan fingerprint density at radius 3 is 2.60 bits per heavy atom. The fraction of sp³-hybridized carbons (Fsp3) is 0.143. The average Bonchev–Trinajstić information content (AvgIpc) is 2.40. The Balaban J connectivity index is 2.58. The molecule has 0 heterocycles. The molecule has 0 aromatic heterocycles. The molecule has 0 saturated heterocycles. The van der Waals surface area contributed by atoms with Crippen LogP contribution in [-0.4, -0.2) is 12.2 Å². The second kappa shape index (κ2) is 6.31. The molecule has 0 amide bonds. The molecule has 0 fully saturated rings. The lowest BCUT2D eigenvalue weighted by Crippen LogP contribution is -2.04. The first-order chi connectivity index (χ1) is 9.45. The van der Waals surface area contributed by atoms with Gasteiger partial charge in [-0.15, -0.1) is 0 Å². The molecule has 0 aliphatic carbocycles. The van der Waals surface area contributed by atoms with E-state index in [-0.39, 0.29) is 10.6 Å². The standard InChI is InChI=1S/C14H10BrCl2FO2/c1-20-14-9(5-7(16)6-10(14)15)13(19)8-3-2-4-11(18)12(8)17/h2-6,13,19H,1H3. The van der Waals surface area contributed by atoms with Crippen molar-refractivity contribution in [1.82, 2.24) is 0 Å². The number of benzene rings is 2. The molecule has 0 bridgehead atoms. The molecule has 0 aliphatic rings. The molecule has 2 rings (SSSR count). The molecule has 2 aromatic rings. The van der Waals surface area contributed by atoms with Gasteiger partial charge in [0.2, 0.25) is 0 Å². The molecule has 20 heavy (non-hydrogen) atoms. The number of hydrogen-bond donors (Lipinski definition) is 1. The van der Waals surface area contributed by atoms with Crippen LogP contribution in [0, 0.1) is 5.82 Å². The molecule has 0 radical (unpaired) electrons. The highest BCUT2D eigenvalue weighted by Crippen LogP contribution is 2.40. The third-order valence-corrected chi connectivity index (χ3v) is 4.02. The van der Waals surface area contributed by atoms with E-state index in [9.17, 15) is 9.50 Å². The predicted octanol–water partition coefficient (Wildman–Crippen LogP) is 4.99. The van der Waals surface area contributed by atoms with Crippen LogP contribution in [0.1, 0.15) is 17.2 Å². The smallest absolute Gasteiger partial charge is 0.142 e. The summed E-state index contributed by atoms with van der Waals surface area (Å²) in [5, 5.41) is 10.7.